The minimum Gasteiger partial charge on any atom is -0.481 e. The summed E-state index contributed by atoms with van der Waals surface area (Å²) in [4.78, 5) is 22.5. The maximum absolute atomic E-state index is 12.0. The summed E-state index contributed by atoms with van der Waals surface area (Å²) < 4.78 is 0. The molecule has 1 aliphatic carbocycles. The number of rotatable bonds is 7. The third-order valence-corrected chi connectivity index (χ3v) is 4.25. The molecule has 1 aromatic carbocycles. The number of anilines is 1. The lowest BCUT2D eigenvalue weighted by Gasteiger charge is -2.40. The van der Waals surface area contributed by atoms with Crippen molar-refractivity contribution in [3.63, 3.8) is 0 Å². The average Bonchev–Trinajstić information content (AvgIpc) is 2.42. The molecule has 0 radical (unpaired) electrons. The van der Waals surface area contributed by atoms with E-state index in [2.05, 4.69) is 5.32 Å². The number of carboxylic acids is 1. The van der Waals surface area contributed by atoms with Crippen molar-refractivity contribution in [2.24, 2.45) is 11.1 Å². The second-order valence-electron chi connectivity index (χ2n) is 5.87. The molecule has 1 saturated carbocycles. The van der Waals surface area contributed by atoms with Crippen molar-refractivity contribution in [2.45, 2.75) is 38.5 Å². The van der Waals surface area contributed by atoms with Gasteiger partial charge in [0.15, 0.2) is 0 Å². The predicted molar refractivity (Wildman–Crippen MR) is 81.0 cm³/mol. The highest BCUT2D eigenvalue weighted by atomic mass is 16.4. The minimum atomic E-state index is -0.806. The number of hydrogen-bond acceptors (Lipinski definition) is 3. The van der Waals surface area contributed by atoms with E-state index in [1.807, 2.05) is 24.3 Å². The number of carboxylic acid groups (broad SMARTS) is 1. The second-order valence-corrected chi connectivity index (χ2v) is 5.87. The van der Waals surface area contributed by atoms with E-state index in [0.29, 0.717) is 19.4 Å². The van der Waals surface area contributed by atoms with Crippen LogP contribution in [0.15, 0.2) is 24.3 Å². The van der Waals surface area contributed by atoms with Gasteiger partial charge in [-0.3, -0.25) is 9.59 Å². The number of benzene rings is 1. The number of carbonyl (C=O) groups excluding carboxylic acids is 1. The molecule has 0 saturated heterocycles. The molecule has 1 aromatic rings. The number of carbonyl (C=O) groups is 2. The molecule has 1 fully saturated rings. The van der Waals surface area contributed by atoms with E-state index in [4.69, 9.17) is 10.8 Å². The molecule has 1 aliphatic rings. The Morgan fingerprint density at radius 3 is 2.38 bits per heavy atom. The SMILES string of the molecule is NCC1(CC(=O)Nc2ccc(CCC(=O)O)cc2)CCC1. The van der Waals surface area contributed by atoms with Gasteiger partial charge in [0.25, 0.3) is 0 Å². The summed E-state index contributed by atoms with van der Waals surface area (Å²) in [6, 6.07) is 7.32. The standard InChI is InChI=1S/C16H22N2O3/c17-11-16(8-1-9-16)10-14(19)18-13-5-2-12(3-6-13)4-7-15(20)21/h2-3,5-6H,1,4,7-11,17H2,(H,18,19)(H,20,21). The fourth-order valence-corrected chi connectivity index (χ4v) is 2.68. The number of nitrogens with one attached hydrogen (secondary N) is 1. The quantitative estimate of drug-likeness (QED) is 0.717. The molecule has 0 aromatic heterocycles. The summed E-state index contributed by atoms with van der Waals surface area (Å²) in [7, 11) is 0. The van der Waals surface area contributed by atoms with Crippen molar-refractivity contribution in [2.75, 3.05) is 11.9 Å². The first-order chi connectivity index (χ1) is 10.0. The van der Waals surface area contributed by atoms with Crippen LogP contribution >= 0.6 is 0 Å². The second kappa shape index (κ2) is 6.72. The molecule has 2 rings (SSSR count). The number of aliphatic carboxylic acids is 1. The van der Waals surface area contributed by atoms with E-state index in [9.17, 15) is 9.59 Å². The van der Waals surface area contributed by atoms with E-state index in [1.54, 1.807) is 0 Å². The summed E-state index contributed by atoms with van der Waals surface area (Å²) in [5.74, 6) is -0.807. The van der Waals surface area contributed by atoms with Gasteiger partial charge in [0.1, 0.15) is 0 Å². The lowest BCUT2D eigenvalue weighted by atomic mass is 9.66. The minimum absolute atomic E-state index is 0.00145. The lowest BCUT2D eigenvalue weighted by molar-refractivity contribution is -0.137. The maximum Gasteiger partial charge on any atom is 0.303 e. The molecule has 1 amide bonds. The van der Waals surface area contributed by atoms with Gasteiger partial charge in [0.2, 0.25) is 5.91 Å². The summed E-state index contributed by atoms with van der Waals surface area (Å²) in [5.41, 5.74) is 7.46. The zero-order chi connectivity index (χ0) is 15.3. The number of hydrogen-bond donors (Lipinski definition) is 3. The van der Waals surface area contributed by atoms with Crippen LogP contribution in [0.4, 0.5) is 5.69 Å². The molecule has 0 heterocycles. The van der Waals surface area contributed by atoms with E-state index in [0.717, 1.165) is 30.5 Å². The summed E-state index contributed by atoms with van der Waals surface area (Å²) in [6.07, 6.45) is 4.31. The van der Waals surface area contributed by atoms with Crippen molar-refractivity contribution in [1.82, 2.24) is 0 Å². The zero-order valence-electron chi connectivity index (χ0n) is 12.1. The first kappa shape index (κ1) is 15.5. The Bertz CT molecular complexity index is 501. The number of aryl methyl sites for hydroxylation is 1. The first-order valence-corrected chi connectivity index (χ1v) is 7.34. The Labute approximate surface area is 124 Å². The molecule has 5 heteroatoms. The Balaban J connectivity index is 1.85. The van der Waals surface area contributed by atoms with Gasteiger partial charge in [-0.1, -0.05) is 18.6 Å². The molecule has 114 valence electrons. The Hall–Kier alpha value is -1.88. The van der Waals surface area contributed by atoms with Gasteiger partial charge in [-0.25, -0.2) is 0 Å². The highest BCUT2D eigenvalue weighted by Gasteiger charge is 2.37. The van der Waals surface area contributed by atoms with Gasteiger partial charge in [0, 0.05) is 18.5 Å². The van der Waals surface area contributed by atoms with Crippen LogP contribution in [0, 0.1) is 5.41 Å². The van der Waals surface area contributed by atoms with Gasteiger partial charge < -0.3 is 16.2 Å². The van der Waals surface area contributed by atoms with Gasteiger partial charge >= 0.3 is 5.97 Å². The van der Waals surface area contributed by atoms with Crippen LogP contribution in [-0.4, -0.2) is 23.5 Å². The van der Waals surface area contributed by atoms with Crippen LogP contribution in [-0.2, 0) is 16.0 Å². The van der Waals surface area contributed by atoms with Crippen molar-refractivity contribution in [3.05, 3.63) is 29.8 Å². The molecule has 0 unspecified atom stereocenters. The van der Waals surface area contributed by atoms with Crippen molar-refractivity contribution in [3.8, 4) is 0 Å². The maximum atomic E-state index is 12.0. The summed E-state index contributed by atoms with van der Waals surface area (Å²) in [5, 5.41) is 11.5. The highest BCUT2D eigenvalue weighted by Crippen LogP contribution is 2.43. The van der Waals surface area contributed by atoms with E-state index < -0.39 is 5.97 Å². The van der Waals surface area contributed by atoms with Crippen LogP contribution in [0.2, 0.25) is 0 Å². The molecule has 0 spiro atoms. The zero-order valence-corrected chi connectivity index (χ0v) is 12.1. The van der Waals surface area contributed by atoms with Crippen molar-refractivity contribution >= 4 is 17.6 Å². The van der Waals surface area contributed by atoms with Crippen LogP contribution in [0.25, 0.3) is 0 Å². The molecule has 21 heavy (non-hydrogen) atoms. The molecule has 4 N–H and O–H groups in total. The third kappa shape index (κ3) is 4.29. The molecule has 0 aliphatic heterocycles. The van der Waals surface area contributed by atoms with Gasteiger partial charge in [-0.2, -0.15) is 0 Å². The molecule has 5 nitrogen and oxygen atoms in total. The van der Waals surface area contributed by atoms with Crippen molar-refractivity contribution < 1.29 is 14.7 Å². The average molecular weight is 290 g/mol. The van der Waals surface area contributed by atoms with Crippen LogP contribution in [0.5, 0.6) is 0 Å². The summed E-state index contributed by atoms with van der Waals surface area (Å²) >= 11 is 0. The number of nitrogens with two attached hydrogens (primary N) is 1. The number of amides is 1. The molecular weight excluding hydrogens is 268 g/mol. The highest BCUT2D eigenvalue weighted by molar-refractivity contribution is 5.91. The monoisotopic (exact) mass is 290 g/mol. The van der Waals surface area contributed by atoms with E-state index in [-0.39, 0.29) is 17.7 Å². The normalized spacial score (nSPS) is 16.0. The third-order valence-electron chi connectivity index (χ3n) is 4.25. The fourth-order valence-electron chi connectivity index (χ4n) is 2.68. The Morgan fingerprint density at radius 1 is 1.24 bits per heavy atom. The van der Waals surface area contributed by atoms with Gasteiger partial charge in [-0.15, -0.1) is 0 Å². The smallest absolute Gasteiger partial charge is 0.303 e. The van der Waals surface area contributed by atoms with Crippen molar-refractivity contribution in [1.29, 1.82) is 0 Å². The summed E-state index contributed by atoms with van der Waals surface area (Å²) in [6.45, 7) is 0.564. The van der Waals surface area contributed by atoms with E-state index >= 15 is 0 Å². The topological polar surface area (TPSA) is 92.4 Å². The van der Waals surface area contributed by atoms with Gasteiger partial charge in [0.05, 0.1) is 0 Å². The van der Waals surface area contributed by atoms with Gasteiger partial charge in [-0.05, 0) is 48.9 Å². The Kier molecular flexibility index (Phi) is 4.96. The molecule has 0 atom stereocenters. The predicted octanol–water partition coefficient (Wildman–Crippen LogP) is 2.16. The molecular formula is C16H22N2O3. The molecule has 0 bridgehead atoms. The van der Waals surface area contributed by atoms with Crippen LogP contribution < -0.4 is 11.1 Å². The first-order valence-electron chi connectivity index (χ1n) is 7.34. The van der Waals surface area contributed by atoms with Crippen LogP contribution in [0.1, 0.15) is 37.7 Å². The Morgan fingerprint density at radius 2 is 1.90 bits per heavy atom. The van der Waals surface area contributed by atoms with Crippen LogP contribution in [0.3, 0.4) is 0 Å². The fraction of sp³-hybridized carbons (Fsp3) is 0.500. The largest absolute Gasteiger partial charge is 0.481 e. The van der Waals surface area contributed by atoms with E-state index in [1.165, 1.54) is 0 Å². The lowest BCUT2D eigenvalue weighted by Crippen LogP contribution is -2.40.